The Labute approximate surface area is 93.1 Å². The molecule has 1 aromatic carbocycles. The lowest BCUT2D eigenvalue weighted by Crippen LogP contribution is -2.41. The Bertz CT molecular complexity index is 514. The maximum atomic E-state index is 12.8. The number of anilines is 1. The summed E-state index contributed by atoms with van der Waals surface area (Å²) in [7, 11) is 0. The molecule has 0 radical (unpaired) electrons. The summed E-state index contributed by atoms with van der Waals surface area (Å²) in [6.07, 6.45) is -1.50. The van der Waals surface area contributed by atoms with Crippen LogP contribution in [-0.4, -0.2) is 25.1 Å². The molecule has 0 saturated carbocycles. The van der Waals surface area contributed by atoms with Crippen LogP contribution >= 0.6 is 0 Å². The number of fused-ring (bicyclic) bond motifs is 1. The first-order chi connectivity index (χ1) is 7.79. The van der Waals surface area contributed by atoms with E-state index in [1.165, 1.54) is 0 Å². The number of rotatable bonds is 2. The number of amides is 1. The fourth-order valence-electron chi connectivity index (χ4n) is 1.66. The van der Waals surface area contributed by atoms with Crippen molar-refractivity contribution < 1.29 is 26.9 Å². The minimum absolute atomic E-state index is 0.194. The Balaban J connectivity index is 2.45. The van der Waals surface area contributed by atoms with Crippen molar-refractivity contribution in [1.82, 2.24) is 0 Å². The van der Waals surface area contributed by atoms with Crippen LogP contribution in [0.1, 0.15) is 10.4 Å². The van der Waals surface area contributed by atoms with E-state index < -0.39 is 30.9 Å². The number of benzene rings is 1. The van der Waals surface area contributed by atoms with Gasteiger partial charge in [-0.25, -0.2) is 4.39 Å². The number of hydrogen-bond donors (Lipinski definition) is 0. The Hall–Kier alpha value is -1.86. The van der Waals surface area contributed by atoms with Crippen LogP contribution < -0.4 is 4.90 Å². The van der Waals surface area contributed by atoms with Crippen molar-refractivity contribution in [2.24, 2.45) is 0 Å². The van der Waals surface area contributed by atoms with Gasteiger partial charge in [-0.05, 0) is 24.6 Å². The van der Waals surface area contributed by atoms with Crippen molar-refractivity contribution in [3.63, 3.8) is 0 Å². The molecule has 0 aromatic heterocycles. The van der Waals surface area contributed by atoms with Crippen LogP contribution in [0, 0.1) is 5.82 Å². The number of carbonyl (C=O) groups is 2. The van der Waals surface area contributed by atoms with Crippen LogP contribution in [0.2, 0.25) is 0 Å². The quantitative estimate of drug-likeness (QED) is 0.452. The normalized spacial score (nSPS) is 15.4. The molecule has 2 rings (SSSR count). The van der Waals surface area contributed by atoms with E-state index in [2.05, 4.69) is 0 Å². The van der Waals surface area contributed by atoms with Crippen LogP contribution in [-0.2, 0) is 4.79 Å². The SMILES string of the molecule is O=C1C(=O)N(C[B-](F)(F)F)c2ccc(F)cc21. The number of nitrogens with zero attached hydrogens (tertiary/aromatic N) is 1. The zero-order valence-corrected chi connectivity index (χ0v) is 8.29. The Morgan fingerprint density at radius 1 is 1.18 bits per heavy atom. The molecule has 0 atom stereocenters. The number of halogens is 4. The molecule has 0 bridgehead atoms. The highest BCUT2D eigenvalue weighted by Gasteiger charge is 2.40. The third-order valence-electron chi connectivity index (χ3n) is 2.32. The van der Waals surface area contributed by atoms with Crippen LogP contribution in [0.25, 0.3) is 0 Å². The molecule has 0 fully saturated rings. The Kier molecular flexibility index (Phi) is 2.45. The molecule has 3 nitrogen and oxygen atoms in total. The minimum Gasteiger partial charge on any atom is -0.448 e. The molecule has 0 saturated heterocycles. The summed E-state index contributed by atoms with van der Waals surface area (Å²) in [6.45, 7) is -5.25. The zero-order valence-electron chi connectivity index (χ0n) is 8.29. The average Bonchev–Trinajstić information content (AvgIpc) is 2.42. The van der Waals surface area contributed by atoms with Gasteiger partial charge in [-0.15, -0.1) is 0 Å². The lowest BCUT2D eigenvalue weighted by atomic mass is 9.91. The summed E-state index contributed by atoms with van der Waals surface area (Å²) in [6, 6.07) is 2.66. The lowest BCUT2D eigenvalue weighted by molar-refractivity contribution is -0.114. The fraction of sp³-hybridized carbons (Fsp3) is 0.111. The van der Waals surface area contributed by atoms with Crippen molar-refractivity contribution in [2.75, 3.05) is 11.3 Å². The summed E-state index contributed by atoms with van der Waals surface area (Å²) >= 11 is 0. The van der Waals surface area contributed by atoms with Crippen LogP contribution in [0.4, 0.5) is 23.0 Å². The molecule has 0 spiro atoms. The van der Waals surface area contributed by atoms with Gasteiger partial charge in [-0.1, -0.05) is 0 Å². The highest BCUT2D eigenvalue weighted by Crippen LogP contribution is 2.30. The standard InChI is InChI=1S/C9H5BF4NO2/c11-5-1-2-7-6(3-5)8(16)9(17)15(7)4-10(12,13)14/h1-3H,4H2/q-1. The average molecular weight is 246 g/mol. The smallest absolute Gasteiger partial charge is 0.448 e. The first-order valence-corrected chi connectivity index (χ1v) is 4.66. The monoisotopic (exact) mass is 246 g/mol. The largest absolute Gasteiger partial charge is 0.497 e. The van der Waals surface area contributed by atoms with Gasteiger partial charge in [0, 0.05) is 0 Å². The van der Waals surface area contributed by atoms with E-state index >= 15 is 0 Å². The van der Waals surface area contributed by atoms with E-state index in [4.69, 9.17) is 0 Å². The van der Waals surface area contributed by atoms with E-state index in [-0.39, 0.29) is 11.3 Å². The predicted molar refractivity (Wildman–Crippen MR) is 52.2 cm³/mol. The molecule has 0 aliphatic carbocycles. The molecule has 0 N–H and O–H groups in total. The summed E-state index contributed by atoms with van der Waals surface area (Å²) in [5, 5.41) is 0. The van der Waals surface area contributed by atoms with Crippen LogP contribution in [0.5, 0.6) is 0 Å². The van der Waals surface area contributed by atoms with Gasteiger partial charge >= 0.3 is 6.98 Å². The predicted octanol–water partition coefficient (Wildman–Crippen LogP) is 1.74. The third kappa shape index (κ3) is 2.02. The molecule has 1 amide bonds. The van der Waals surface area contributed by atoms with Gasteiger partial charge in [0.05, 0.1) is 11.3 Å². The minimum atomic E-state index is -5.25. The maximum absolute atomic E-state index is 12.8. The van der Waals surface area contributed by atoms with Gasteiger partial charge in [-0.2, -0.15) is 0 Å². The maximum Gasteiger partial charge on any atom is 0.497 e. The van der Waals surface area contributed by atoms with Crippen molar-refractivity contribution >= 4 is 24.4 Å². The van der Waals surface area contributed by atoms with E-state index in [0.29, 0.717) is 4.90 Å². The summed E-state index contributed by atoms with van der Waals surface area (Å²) in [5.41, 5.74) is -0.518. The number of carbonyl (C=O) groups excluding carboxylic acids is 2. The molecule has 1 aliphatic heterocycles. The van der Waals surface area contributed by atoms with Gasteiger partial charge in [0.2, 0.25) is 0 Å². The molecular formula is C9H5BF4NO2-. The summed E-state index contributed by atoms with van der Waals surface area (Å²) < 4.78 is 49.6. The van der Waals surface area contributed by atoms with E-state index in [1.807, 2.05) is 0 Å². The van der Waals surface area contributed by atoms with Gasteiger partial charge in [0.1, 0.15) is 5.82 Å². The number of Topliss-reactive ketones (excluding diaryl/α,β-unsaturated/α-hetero) is 1. The molecule has 1 heterocycles. The van der Waals surface area contributed by atoms with Crippen LogP contribution in [0.3, 0.4) is 0 Å². The second-order valence-corrected chi connectivity index (χ2v) is 3.62. The second-order valence-electron chi connectivity index (χ2n) is 3.62. The first-order valence-electron chi connectivity index (χ1n) is 4.66. The van der Waals surface area contributed by atoms with Gasteiger partial charge in [0.15, 0.2) is 0 Å². The lowest BCUT2D eigenvalue weighted by Gasteiger charge is -2.23. The van der Waals surface area contributed by atoms with Crippen molar-refractivity contribution in [3.8, 4) is 0 Å². The summed E-state index contributed by atoms with van der Waals surface area (Å²) in [5.74, 6) is -3.16. The van der Waals surface area contributed by atoms with Crippen molar-refractivity contribution in [1.29, 1.82) is 0 Å². The highest BCUT2D eigenvalue weighted by atomic mass is 19.4. The Morgan fingerprint density at radius 2 is 1.82 bits per heavy atom. The number of hydrogen-bond acceptors (Lipinski definition) is 2. The Morgan fingerprint density at radius 3 is 2.41 bits per heavy atom. The first kappa shape index (κ1) is 11.6. The van der Waals surface area contributed by atoms with E-state index in [0.717, 1.165) is 18.2 Å². The van der Waals surface area contributed by atoms with E-state index in [9.17, 15) is 26.9 Å². The van der Waals surface area contributed by atoms with Crippen LogP contribution in [0.15, 0.2) is 18.2 Å². The molecule has 90 valence electrons. The molecule has 8 heteroatoms. The van der Waals surface area contributed by atoms with Gasteiger partial charge in [-0.3, -0.25) is 9.59 Å². The second kappa shape index (κ2) is 3.58. The third-order valence-corrected chi connectivity index (χ3v) is 2.32. The highest BCUT2D eigenvalue weighted by molar-refractivity contribution is 6.62. The zero-order chi connectivity index (χ0) is 12.8. The van der Waals surface area contributed by atoms with Crippen molar-refractivity contribution in [3.05, 3.63) is 29.6 Å². The van der Waals surface area contributed by atoms with E-state index in [1.54, 1.807) is 0 Å². The van der Waals surface area contributed by atoms with Crippen molar-refractivity contribution in [2.45, 2.75) is 0 Å². The molecule has 1 aromatic rings. The molecule has 17 heavy (non-hydrogen) atoms. The molecular weight excluding hydrogens is 241 g/mol. The van der Waals surface area contributed by atoms with Gasteiger partial charge in [0.25, 0.3) is 11.7 Å². The topological polar surface area (TPSA) is 37.4 Å². The summed E-state index contributed by atoms with van der Waals surface area (Å²) in [4.78, 5) is 23.0. The van der Waals surface area contributed by atoms with Gasteiger partial charge < -0.3 is 17.8 Å². The number of ketones is 1. The fourth-order valence-corrected chi connectivity index (χ4v) is 1.66. The molecule has 1 aliphatic rings. The molecule has 0 unspecified atom stereocenters.